The number of sulfonamides is 1. The first-order chi connectivity index (χ1) is 16.5. The first kappa shape index (κ1) is 24.6. The fourth-order valence-electron chi connectivity index (χ4n) is 3.40. The van der Waals surface area contributed by atoms with Crippen LogP contribution in [-0.4, -0.2) is 29.4 Å². The minimum absolute atomic E-state index is 0.0198. The van der Waals surface area contributed by atoms with Crippen LogP contribution in [-0.2, 0) is 10.0 Å². The number of halogens is 2. The lowest BCUT2D eigenvalue weighted by atomic mass is 10.1. The van der Waals surface area contributed by atoms with Gasteiger partial charge >= 0.3 is 0 Å². The summed E-state index contributed by atoms with van der Waals surface area (Å²) < 4.78 is 33.0. The highest BCUT2D eigenvalue weighted by atomic mass is 35.5. The number of aromatic nitrogens is 3. The van der Waals surface area contributed by atoms with Gasteiger partial charge in [0.15, 0.2) is 0 Å². The number of hydrogen-bond acceptors (Lipinski definition) is 7. The molecule has 0 aliphatic heterocycles. The minimum atomic E-state index is -3.94. The number of rotatable bonds is 6. The number of nitrogens with zero attached hydrogens (tertiary/aromatic N) is 3. The fraction of sp³-hybridized carbons (Fsp3) is 0.130. The number of carbonyl (C=O) groups is 1. The summed E-state index contributed by atoms with van der Waals surface area (Å²) >= 11 is 12.6. The number of hydrogen-bond donors (Lipinski definition) is 2. The molecule has 0 fully saturated rings. The Kier molecular flexibility index (Phi) is 6.79. The number of anilines is 2. The lowest BCUT2D eigenvalue weighted by molar-refractivity contribution is 0.102. The number of benzene rings is 2. The summed E-state index contributed by atoms with van der Waals surface area (Å²) in [6, 6.07) is 12.3. The normalized spacial score (nSPS) is 11.3. The molecule has 1 amide bonds. The van der Waals surface area contributed by atoms with Crippen LogP contribution in [0.2, 0.25) is 10.0 Å². The second-order valence-electron chi connectivity index (χ2n) is 7.62. The average Bonchev–Trinajstić information content (AvgIpc) is 3.14. The molecule has 180 valence electrons. The highest BCUT2D eigenvalue weighted by Gasteiger charge is 2.25. The molecule has 0 bridgehead atoms. The standard InChI is InChI=1S/C23H19Cl2N5O4S/c1-12-11-13(2)27-23(26-12)30-35(32,33)16-9-7-15(8-10-16)28-22(31)19-14(3)34-29-21(19)20-17(24)5-4-6-18(20)25/h4-11H,1-3H3,(H,28,31)(H,26,27,30). The number of amides is 1. The quantitative estimate of drug-likeness (QED) is 0.340. The van der Waals surface area contributed by atoms with E-state index in [2.05, 4.69) is 25.2 Å². The maximum Gasteiger partial charge on any atom is 0.264 e. The first-order valence-electron chi connectivity index (χ1n) is 10.2. The smallest absolute Gasteiger partial charge is 0.264 e. The molecule has 12 heteroatoms. The van der Waals surface area contributed by atoms with Crippen LogP contribution in [0.4, 0.5) is 11.6 Å². The Bertz CT molecular complexity index is 1500. The van der Waals surface area contributed by atoms with Crippen LogP contribution in [0.5, 0.6) is 0 Å². The molecule has 35 heavy (non-hydrogen) atoms. The van der Waals surface area contributed by atoms with E-state index in [1.165, 1.54) is 24.3 Å². The van der Waals surface area contributed by atoms with Gasteiger partial charge < -0.3 is 9.84 Å². The SMILES string of the molecule is Cc1cc(C)nc(NS(=O)(=O)c2ccc(NC(=O)c3c(-c4c(Cl)cccc4Cl)noc3C)cc2)n1. The second kappa shape index (κ2) is 9.65. The largest absolute Gasteiger partial charge is 0.360 e. The van der Waals surface area contributed by atoms with Crippen molar-refractivity contribution < 1.29 is 17.7 Å². The van der Waals surface area contributed by atoms with Crippen LogP contribution in [0.3, 0.4) is 0 Å². The van der Waals surface area contributed by atoms with Crippen molar-refractivity contribution in [2.75, 3.05) is 10.0 Å². The van der Waals surface area contributed by atoms with E-state index in [-0.39, 0.29) is 27.9 Å². The molecule has 0 unspecified atom stereocenters. The zero-order valence-corrected chi connectivity index (χ0v) is 21.1. The Labute approximate surface area is 211 Å². The zero-order chi connectivity index (χ0) is 25.3. The van der Waals surface area contributed by atoms with E-state index in [9.17, 15) is 13.2 Å². The molecular weight excluding hydrogens is 513 g/mol. The minimum Gasteiger partial charge on any atom is -0.360 e. The number of nitrogens with one attached hydrogen (secondary N) is 2. The Morgan fingerprint density at radius 2 is 1.54 bits per heavy atom. The van der Waals surface area contributed by atoms with Crippen molar-refractivity contribution in [1.29, 1.82) is 0 Å². The van der Waals surface area contributed by atoms with Crippen molar-refractivity contribution in [3.05, 3.63) is 81.3 Å². The number of carbonyl (C=O) groups excluding carboxylic acids is 1. The summed E-state index contributed by atoms with van der Waals surface area (Å²) in [6.07, 6.45) is 0. The predicted octanol–water partition coefficient (Wildman–Crippen LogP) is 5.42. The van der Waals surface area contributed by atoms with Gasteiger partial charge in [-0.1, -0.05) is 34.4 Å². The summed E-state index contributed by atoms with van der Waals surface area (Å²) in [5.74, 6) is -0.272. The van der Waals surface area contributed by atoms with Gasteiger partial charge in [-0.25, -0.2) is 23.1 Å². The monoisotopic (exact) mass is 531 g/mol. The Morgan fingerprint density at radius 1 is 0.943 bits per heavy atom. The molecule has 2 N–H and O–H groups in total. The third-order valence-electron chi connectivity index (χ3n) is 4.92. The molecule has 0 spiro atoms. The lowest BCUT2D eigenvalue weighted by Crippen LogP contribution is -2.16. The van der Waals surface area contributed by atoms with Crippen molar-refractivity contribution in [3.8, 4) is 11.3 Å². The van der Waals surface area contributed by atoms with Crippen molar-refractivity contribution in [2.45, 2.75) is 25.7 Å². The van der Waals surface area contributed by atoms with Crippen molar-refractivity contribution in [1.82, 2.24) is 15.1 Å². The van der Waals surface area contributed by atoms with E-state index in [0.29, 0.717) is 32.7 Å². The molecule has 0 saturated heterocycles. The molecule has 0 atom stereocenters. The molecule has 2 heterocycles. The van der Waals surface area contributed by atoms with Crippen LogP contribution < -0.4 is 10.0 Å². The van der Waals surface area contributed by atoms with Crippen molar-refractivity contribution in [2.24, 2.45) is 0 Å². The molecule has 0 saturated carbocycles. The Hall–Kier alpha value is -3.47. The summed E-state index contributed by atoms with van der Waals surface area (Å²) in [4.78, 5) is 21.2. The van der Waals surface area contributed by atoms with Gasteiger partial charge in [0.1, 0.15) is 17.0 Å². The summed E-state index contributed by atoms with van der Waals surface area (Å²) in [5, 5.41) is 7.31. The maximum atomic E-state index is 13.1. The van der Waals surface area contributed by atoms with Crippen LogP contribution in [0.25, 0.3) is 11.3 Å². The predicted molar refractivity (Wildman–Crippen MR) is 133 cm³/mol. The second-order valence-corrected chi connectivity index (χ2v) is 10.1. The molecule has 4 rings (SSSR count). The van der Waals surface area contributed by atoms with Gasteiger partial charge in [0.25, 0.3) is 15.9 Å². The molecule has 0 aliphatic rings. The van der Waals surface area contributed by atoms with Gasteiger partial charge in [-0.15, -0.1) is 0 Å². The van der Waals surface area contributed by atoms with Gasteiger partial charge in [0.2, 0.25) is 5.95 Å². The zero-order valence-electron chi connectivity index (χ0n) is 18.8. The first-order valence-corrected chi connectivity index (χ1v) is 12.5. The van der Waals surface area contributed by atoms with Gasteiger partial charge in [-0.3, -0.25) is 4.79 Å². The topological polar surface area (TPSA) is 127 Å². The van der Waals surface area contributed by atoms with Gasteiger partial charge in [0.05, 0.1) is 14.9 Å². The van der Waals surface area contributed by atoms with E-state index in [0.717, 1.165) is 0 Å². The molecule has 2 aromatic heterocycles. The van der Waals surface area contributed by atoms with E-state index in [1.807, 2.05) is 0 Å². The van der Waals surface area contributed by atoms with E-state index in [1.54, 1.807) is 45.0 Å². The molecule has 4 aromatic rings. The highest BCUT2D eigenvalue weighted by Crippen LogP contribution is 2.37. The van der Waals surface area contributed by atoms with Crippen LogP contribution in [0.1, 0.15) is 27.5 Å². The van der Waals surface area contributed by atoms with Crippen LogP contribution in [0, 0.1) is 20.8 Å². The van der Waals surface area contributed by atoms with Crippen molar-refractivity contribution in [3.63, 3.8) is 0 Å². The van der Waals surface area contributed by atoms with Crippen LogP contribution >= 0.6 is 23.2 Å². The molecule has 2 aromatic carbocycles. The third-order valence-corrected chi connectivity index (χ3v) is 6.89. The molecule has 0 radical (unpaired) electrons. The van der Waals surface area contributed by atoms with Crippen molar-refractivity contribution >= 4 is 50.8 Å². The summed E-state index contributed by atoms with van der Waals surface area (Å²) in [5.41, 5.74) is 2.36. The number of aryl methyl sites for hydroxylation is 3. The third kappa shape index (κ3) is 5.29. The average molecular weight is 532 g/mol. The van der Waals surface area contributed by atoms with Gasteiger partial charge in [-0.05, 0) is 63.2 Å². The van der Waals surface area contributed by atoms with Gasteiger partial charge in [0, 0.05) is 22.6 Å². The highest BCUT2D eigenvalue weighted by molar-refractivity contribution is 7.92. The summed E-state index contributed by atoms with van der Waals surface area (Å²) in [6.45, 7) is 5.07. The Balaban J connectivity index is 1.56. The molecule has 9 nitrogen and oxygen atoms in total. The Morgan fingerprint density at radius 3 is 2.14 bits per heavy atom. The van der Waals surface area contributed by atoms with Crippen LogP contribution in [0.15, 0.2) is 57.9 Å². The molecular formula is C23H19Cl2N5O4S. The van der Waals surface area contributed by atoms with E-state index in [4.69, 9.17) is 27.7 Å². The fourth-order valence-corrected chi connectivity index (χ4v) is 4.92. The summed E-state index contributed by atoms with van der Waals surface area (Å²) in [7, 11) is -3.94. The van der Waals surface area contributed by atoms with Gasteiger partial charge in [-0.2, -0.15) is 0 Å². The maximum absolute atomic E-state index is 13.1. The molecule has 0 aliphatic carbocycles. The lowest BCUT2D eigenvalue weighted by Gasteiger charge is -2.10. The van der Waals surface area contributed by atoms with E-state index < -0.39 is 15.9 Å². The van der Waals surface area contributed by atoms with E-state index >= 15 is 0 Å².